The Bertz CT molecular complexity index is 611. The summed E-state index contributed by atoms with van der Waals surface area (Å²) >= 11 is 0. The van der Waals surface area contributed by atoms with Gasteiger partial charge in [0.15, 0.2) is 0 Å². The van der Waals surface area contributed by atoms with Gasteiger partial charge in [-0.1, -0.05) is 18.2 Å². The minimum atomic E-state index is -4.27. The van der Waals surface area contributed by atoms with Crippen molar-refractivity contribution in [2.75, 3.05) is 0 Å². The average molecular weight is 322 g/mol. The summed E-state index contributed by atoms with van der Waals surface area (Å²) in [5.41, 5.74) is 0.112. The van der Waals surface area contributed by atoms with Gasteiger partial charge in [-0.2, -0.15) is 13.2 Å². The molecule has 0 bridgehead atoms. The molecule has 0 radical (unpaired) electrons. The first-order valence-electron chi connectivity index (χ1n) is 8.04. The van der Waals surface area contributed by atoms with Crippen molar-refractivity contribution in [3.8, 4) is 0 Å². The van der Waals surface area contributed by atoms with Crippen LogP contribution in [0.5, 0.6) is 0 Å². The van der Waals surface area contributed by atoms with Gasteiger partial charge in [-0.15, -0.1) is 0 Å². The van der Waals surface area contributed by atoms with Crippen LogP contribution < -0.4 is 5.32 Å². The van der Waals surface area contributed by atoms with Crippen LogP contribution in [-0.4, -0.2) is 10.6 Å². The number of rotatable bonds is 4. The van der Waals surface area contributed by atoms with Crippen LogP contribution in [0.2, 0.25) is 0 Å². The maximum atomic E-state index is 12.7. The number of hydrogen-bond acceptors (Lipinski definition) is 1. The van der Waals surface area contributed by atoms with Crippen molar-refractivity contribution in [2.45, 2.75) is 50.5 Å². The summed E-state index contributed by atoms with van der Waals surface area (Å²) in [4.78, 5) is 0. The molecule has 2 nitrogen and oxygen atoms in total. The highest BCUT2D eigenvalue weighted by molar-refractivity contribution is 5.25. The third-order valence-corrected chi connectivity index (χ3v) is 4.60. The fourth-order valence-electron chi connectivity index (χ4n) is 3.29. The van der Waals surface area contributed by atoms with Gasteiger partial charge in [0.25, 0.3) is 0 Å². The molecule has 2 aromatic rings. The Hall–Kier alpha value is -1.75. The lowest BCUT2D eigenvalue weighted by Crippen LogP contribution is -2.33. The Morgan fingerprint density at radius 1 is 1.00 bits per heavy atom. The van der Waals surface area contributed by atoms with Gasteiger partial charge >= 0.3 is 6.18 Å². The molecule has 0 amide bonds. The summed E-state index contributed by atoms with van der Waals surface area (Å²) in [6.45, 7) is 0.489. The second-order valence-corrected chi connectivity index (χ2v) is 6.21. The molecule has 1 aliphatic rings. The lowest BCUT2D eigenvalue weighted by atomic mass is 9.91. The molecule has 1 fully saturated rings. The standard InChI is InChI=1S/C18H21F3N2/c19-18(20,21)15-5-3-4-14(12-15)13-22-16-6-8-17(9-7-16)23-10-1-2-11-23/h1-5,10-12,16-17,22H,6-9,13H2. The molecule has 1 aliphatic carbocycles. The predicted octanol–water partition coefficient (Wildman–Crippen LogP) is 4.78. The number of hydrogen-bond donors (Lipinski definition) is 1. The van der Waals surface area contributed by atoms with Gasteiger partial charge in [0.1, 0.15) is 0 Å². The second-order valence-electron chi connectivity index (χ2n) is 6.21. The molecule has 0 saturated heterocycles. The molecule has 124 valence electrons. The van der Waals surface area contributed by atoms with E-state index < -0.39 is 11.7 Å². The maximum Gasteiger partial charge on any atom is 0.416 e. The van der Waals surface area contributed by atoms with Crippen LogP contribution in [0.25, 0.3) is 0 Å². The summed E-state index contributed by atoms with van der Waals surface area (Å²) in [5, 5.41) is 3.41. The first-order valence-corrected chi connectivity index (χ1v) is 8.04. The number of halogens is 3. The molecular formula is C18H21F3N2. The third kappa shape index (κ3) is 4.16. The van der Waals surface area contributed by atoms with E-state index in [1.165, 1.54) is 12.1 Å². The van der Waals surface area contributed by atoms with Gasteiger partial charge in [-0.3, -0.25) is 0 Å². The van der Waals surface area contributed by atoms with Crippen LogP contribution in [-0.2, 0) is 12.7 Å². The van der Waals surface area contributed by atoms with Gasteiger partial charge in [-0.05, 0) is 49.4 Å². The molecule has 3 rings (SSSR count). The zero-order valence-corrected chi connectivity index (χ0v) is 12.9. The monoisotopic (exact) mass is 322 g/mol. The predicted molar refractivity (Wildman–Crippen MR) is 84.0 cm³/mol. The van der Waals surface area contributed by atoms with Gasteiger partial charge in [-0.25, -0.2) is 0 Å². The highest BCUT2D eigenvalue weighted by Gasteiger charge is 2.30. The van der Waals surface area contributed by atoms with Crippen molar-refractivity contribution < 1.29 is 13.2 Å². The van der Waals surface area contributed by atoms with E-state index in [-0.39, 0.29) is 0 Å². The summed E-state index contributed by atoms with van der Waals surface area (Å²) in [5.74, 6) is 0. The van der Waals surface area contributed by atoms with E-state index in [9.17, 15) is 13.2 Å². The van der Waals surface area contributed by atoms with Crippen molar-refractivity contribution in [3.63, 3.8) is 0 Å². The molecule has 0 aliphatic heterocycles. The molecule has 23 heavy (non-hydrogen) atoms. The Morgan fingerprint density at radius 2 is 1.70 bits per heavy atom. The molecular weight excluding hydrogens is 301 g/mol. The summed E-state index contributed by atoms with van der Waals surface area (Å²) in [6.07, 6.45) is 4.25. The Kier molecular flexibility index (Phi) is 4.76. The lowest BCUT2D eigenvalue weighted by Gasteiger charge is -2.30. The summed E-state index contributed by atoms with van der Waals surface area (Å²) in [7, 11) is 0. The minimum absolute atomic E-state index is 0.386. The van der Waals surface area contributed by atoms with Crippen molar-refractivity contribution in [1.82, 2.24) is 9.88 Å². The van der Waals surface area contributed by atoms with Crippen molar-refractivity contribution in [1.29, 1.82) is 0 Å². The number of nitrogens with zero attached hydrogens (tertiary/aromatic N) is 1. The van der Waals surface area contributed by atoms with E-state index >= 15 is 0 Å². The summed E-state index contributed by atoms with van der Waals surface area (Å²) < 4.78 is 40.4. The smallest absolute Gasteiger partial charge is 0.351 e. The average Bonchev–Trinajstić information content (AvgIpc) is 3.07. The van der Waals surface area contributed by atoms with Gasteiger partial charge < -0.3 is 9.88 Å². The normalized spacial score (nSPS) is 22.2. The van der Waals surface area contributed by atoms with Crippen LogP contribution >= 0.6 is 0 Å². The Morgan fingerprint density at radius 3 is 2.35 bits per heavy atom. The van der Waals surface area contributed by atoms with Crippen LogP contribution in [0, 0.1) is 0 Å². The molecule has 1 N–H and O–H groups in total. The Labute approximate surface area is 134 Å². The zero-order valence-electron chi connectivity index (χ0n) is 12.9. The molecule has 0 unspecified atom stereocenters. The SMILES string of the molecule is FC(F)(F)c1cccc(CNC2CCC(n3cccc3)CC2)c1. The van der Waals surface area contributed by atoms with E-state index in [0.717, 1.165) is 31.7 Å². The topological polar surface area (TPSA) is 17.0 Å². The molecule has 1 heterocycles. The van der Waals surface area contributed by atoms with E-state index in [0.29, 0.717) is 24.2 Å². The quantitative estimate of drug-likeness (QED) is 0.857. The van der Waals surface area contributed by atoms with E-state index in [1.54, 1.807) is 6.07 Å². The van der Waals surface area contributed by atoms with Gasteiger partial charge in [0.2, 0.25) is 0 Å². The van der Waals surface area contributed by atoms with Crippen molar-refractivity contribution in [2.24, 2.45) is 0 Å². The molecule has 5 heteroatoms. The molecule has 1 aromatic heterocycles. The van der Waals surface area contributed by atoms with E-state index in [2.05, 4.69) is 22.3 Å². The van der Waals surface area contributed by atoms with Crippen molar-refractivity contribution >= 4 is 0 Å². The maximum absolute atomic E-state index is 12.7. The van der Waals surface area contributed by atoms with Crippen LogP contribution in [0.3, 0.4) is 0 Å². The van der Waals surface area contributed by atoms with E-state index in [4.69, 9.17) is 0 Å². The summed E-state index contributed by atoms with van der Waals surface area (Å²) in [6, 6.07) is 10.6. The number of benzene rings is 1. The molecule has 1 saturated carbocycles. The van der Waals surface area contributed by atoms with Crippen molar-refractivity contribution in [3.05, 3.63) is 59.9 Å². The first-order chi connectivity index (χ1) is 11.0. The van der Waals surface area contributed by atoms with Crippen LogP contribution in [0.1, 0.15) is 42.9 Å². The highest BCUT2D eigenvalue weighted by atomic mass is 19.4. The van der Waals surface area contributed by atoms with Gasteiger partial charge in [0, 0.05) is 31.0 Å². The van der Waals surface area contributed by atoms with Crippen LogP contribution in [0.15, 0.2) is 48.8 Å². The Balaban J connectivity index is 1.50. The molecule has 0 atom stereocenters. The largest absolute Gasteiger partial charge is 0.416 e. The number of alkyl halides is 3. The molecule has 1 aromatic carbocycles. The van der Waals surface area contributed by atoms with Gasteiger partial charge in [0.05, 0.1) is 5.56 Å². The lowest BCUT2D eigenvalue weighted by molar-refractivity contribution is -0.137. The number of nitrogens with one attached hydrogen (secondary N) is 1. The number of aromatic nitrogens is 1. The fourth-order valence-corrected chi connectivity index (χ4v) is 3.29. The fraction of sp³-hybridized carbons (Fsp3) is 0.444. The zero-order chi connectivity index (χ0) is 16.3. The third-order valence-electron chi connectivity index (χ3n) is 4.60. The van der Waals surface area contributed by atoms with Crippen LogP contribution in [0.4, 0.5) is 13.2 Å². The van der Waals surface area contributed by atoms with E-state index in [1.807, 2.05) is 12.1 Å². The molecule has 0 spiro atoms. The highest BCUT2D eigenvalue weighted by Crippen LogP contribution is 2.30. The first kappa shape index (κ1) is 16.1. The minimum Gasteiger partial charge on any atom is -0.351 e. The second kappa shape index (κ2) is 6.79.